The van der Waals surface area contributed by atoms with Gasteiger partial charge in [0.15, 0.2) is 0 Å². The first-order valence-corrected chi connectivity index (χ1v) is 5.58. The second-order valence-corrected chi connectivity index (χ2v) is 4.48. The fraction of sp³-hybridized carbons (Fsp3) is 0.667. The highest BCUT2D eigenvalue weighted by Crippen LogP contribution is 2.17. The molecule has 1 rings (SSSR count). The zero-order valence-corrected chi connectivity index (χ0v) is 9.84. The molecule has 0 spiro atoms. The lowest BCUT2D eigenvalue weighted by molar-refractivity contribution is -0.140. The van der Waals surface area contributed by atoms with Gasteiger partial charge in [-0.25, -0.2) is 4.98 Å². The van der Waals surface area contributed by atoms with E-state index in [-0.39, 0.29) is 0 Å². The van der Waals surface area contributed by atoms with E-state index in [1.54, 1.807) is 6.92 Å². The molecule has 1 heterocycles. The molecule has 1 aromatic heterocycles. The molecule has 0 radical (unpaired) electrons. The third kappa shape index (κ3) is 3.47. The number of carboxylic acid groups (broad SMARTS) is 1. The van der Waals surface area contributed by atoms with Gasteiger partial charge in [0, 0.05) is 24.0 Å². The van der Waals surface area contributed by atoms with Gasteiger partial charge in [0.25, 0.3) is 0 Å². The SMILES string of the molecule is CC(CNc1nc(C(C)C)ns1)C(=O)O. The van der Waals surface area contributed by atoms with Gasteiger partial charge < -0.3 is 10.4 Å². The summed E-state index contributed by atoms with van der Waals surface area (Å²) in [4.78, 5) is 14.8. The average Bonchev–Trinajstić information content (AvgIpc) is 2.62. The van der Waals surface area contributed by atoms with E-state index in [1.807, 2.05) is 13.8 Å². The number of anilines is 1. The average molecular weight is 229 g/mol. The molecule has 1 atom stereocenters. The van der Waals surface area contributed by atoms with Gasteiger partial charge in [0.2, 0.25) is 5.13 Å². The van der Waals surface area contributed by atoms with Crippen molar-refractivity contribution < 1.29 is 9.90 Å². The molecule has 0 saturated heterocycles. The van der Waals surface area contributed by atoms with Crippen LogP contribution in [0.1, 0.15) is 32.5 Å². The third-order valence-electron chi connectivity index (χ3n) is 1.94. The maximum absolute atomic E-state index is 10.6. The van der Waals surface area contributed by atoms with Crippen LogP contribution in [0.4, 0.5) is 5.13 Å². The molecule has 0 amide bonds. The molecule has 2 N–H and O–H groups in total. The summed E-state index contributed by atoms with van der Waals surface area (Å²) in [5, 5.41) is 12.3. The molecular formula is C9H15N3O2S. The Morgan fingerprint density at radius 1 is 1.53 bits per heavy atom. The van der Waals surface area contributed by atoms with Gasteiger partial charge in [0.1, 0.15) is 5.82 Å². The molecule has 0 fully saturated rings. The summed E-state index contributed by atoms with van der Waals surface area (Å²) in [6.07, 6.45) is 0. The van der Waals surface area contributed by atoms with Crippen molar-refractivity contribution in [1.29, 1.82) is 0 Å². The molecule has 15 heavy (non-hydrogen) atoms. The smallest absolute Gasteiger partial charge is 0.308 e. The van der Waals surface area contributed by atoms with E-state index in [2.05, 4.69) is 14.7 Å². The van der Waals surface area contributed by atoms with Gasteiger partial charge in [-0.05, 0) is 0 Å². The van der Waals surface area contributed by atoms with Crippen LogP contribution < -0.4 is 5.32 Å². The number of aromatic nitrogens is 2. The largest absolute Gasteiger partial charge is 0.481 e. The predicted molar refractivity (Wildman–Crippen MR) is 59.3 cm³/mol. The molecule has 0 aliphatic carbocycles. The Hall–Kier alpha value is -1.17. The molecule has 0 saturated carbocycles. The van der Waals surface area contributed by atoms with Gasteiger partial charge >= 0.3 is 5.97 Å². The Morgan fingerprint density at radius 3 is 2.67 bits per heavy atom. The minimum atomic E-state index is -0.809. The van der Waals surface area contributed by atoms with E-state index in [9.17, 15) is 4.79 Å². The third-order valence-corrected chi connectivity index (χ3v) is 2.63. The van der Waals surface area contributed by atoms with Crippen LogP contribution in [0.25, 0.3) is 0 Å². The summed E-state index contributed by atoms with van der Waals surface area (Å²) in [6, 6.07) is 0. The Kier molecular flexibility index (Phi) is 4.02. The summed E-state index contributed by atoms with van der Waals surface area (Å²) in [7, 11) is 0. The lowest BCUT2D eigenvalue weighted by Gasteiger charge is -2.05. The van der Waals surface area contributed by atoms with E-state index in [0.717, 1.165) is 5.82 Å². The van der Waals surface area contributed by atoms with Crippen molar-refractivity contribution >= 4 is 22.6 Å². The molecular weight excluding hydrogens is 214 g/mol. The van der Waals surface area contributed by atoms with Crippen LogP contribution >= 0.6 is 11.5 Å². The van der Waals surface area contributed by atoms with Crippen molar-refractivity contribution in [2.45, 2.75) is 26.7 Å². The van der Waals surface area contributed by atoms with Crippen molar-refractivity contribution in [3.05, 3.63) is 5.82 Å². The zero-order valence-electron chi connectivity index (χ0n) is 9.02. The van der Waals surface area contributed by atoms with Crippen molar-refractivity contribution in [3.63, 3.8) is 0 Å². The summed E-state index contributed by atoms with van der Waals surface area (Å²) >= 11 is 1.27. The molecule has 0 aromatic carbocycles. The molecule has 0 aliphatic heterocycles. The fourth-order valence-electron chi connectivity index (χ4n) is 0.869. The Balaban J connectivity index is 2.47. The minimum absolute atomic E-state index is 0.300. The fourth-order valence-corrected chi connectivity index (χ4v) is 1.58. The summed E-state index contributed by atoms with van der Waals surface area (Å²) in [5.41, 5.74) is 0. The van der Waals surface area contributed by atoms with Crippen LogP contribution in [0.15, 0.2) is 0 Å². The normalized spacial score (nSPS) is 12.8. The first-order chi connectivity index (χ1) is 7.00. The van der Waals surface area contributed by atoms with Gasteiger partial charge in [-0.1, -0.05) is 20.8 Å². The van der Waals surface area contributed by atoms with Crippen molar-refractivity contribution in [2.24, 2.45) is 5.92 Å². The van der Waals surface area contributed by atoms with E-state index in [4.69, 9.17) is 5.11 Å². The topological polar surface area (TPSA) is 75.1 Å². The number of aliphatic carboxylic acids is 1. The minimum Gasteiger partial charge on any atom is -0.481 e. The number of rotatable bonds is 5. The van der Waals surface area contributed by atoms with Crippen LogP contribution in [-0.4, -0.2) is 27.0 Å². The molecule has 6 heteroatoms. The van der Waals surface area contributed by atoms with Crippen LogP contribution in [0, 0.1) is 5.92 Å². The molecule has 0 aliphatic rings. The number of carbonyl (C=O) groups is 1. The summed E-state index contributed by atoms with van der Waals surface area (Å²) in [5.74, 6) is -0.133. The monoisotopic (exact) mass is 229 g/mol. The maximum Gasteiger partial charge on any atom is 0.308 e. The summed E-state index contributed by atoms with van der Waals surface area (Å²) in [6.45, 7) is 6.07. The molecule has 84 valence electrons. The molecule has 1 aromatic rings. The van der Waals surface area contributed by atoms with Crippen molar-refractivity contribution in [1.82, 2.24) is 9.36 Å². The van der Waals surface area contributed by atoms with E-state index >= 15 is 0 Å². The van der Waals surface area contributed by atoms with Crippen molar-refractivity contribution in [3.8, 4) is 0 Å². The van der Waals surface area contributed by atoms with Gasteiger partial charge in [-0.3, -0.25) is 4.79 Å². The number of nitrogens with one attached hydrogen (secondary N) is 1. The highest BCUT2D eigenvalue weighted by atomic mass is 32.1. The molecule has 5 nitrogen and oxygen atoms in total. The first-order valence-electron chi connectivity index (χ1n) is 4.81. The number of nitrogens with zero attached hydrogens (tertiary/aromatic N) is 2. The lowest BCUT2D eigenvalue weighted by Crippen LogP contribution is -2.19. The molecule has 0 bridgehead atoms. The van der Waals surface area contributed by atoms with Crippen LogP contribution in [0.5, 0.6) is 0 Å². The standard InChI is InChI=1S/C9H15N3O2S/c1-5(2)7-11-9(15-12-7)10-4-6(3)8(13)14/h5-6H,4H2,1-3H3,(H,13,14)(H,10,11,12). The van der Waals surface area contributed by atoms with Gasteiger partial charge in [-0.15, -0.1) is 0 Å². The number of hydrogen-bond acceptors (Lipinski definition) is 5. The predicted octanol–water partition coefficient (Wildman–Crippen LogP) is 1.79. The van der Waals surface area contributed by atoms with Crippen molar-refractivity contribution in [2.75, 3.05) is 11.9 Å². The molecule has 1 unspecified atom stereocenters. The van der Waals surface area contributed by atoms with E-state index in [1.165, 1.54) is 11.5 Å². The van der Waals surface area contributed by atoms with Gasteiger partial charge in [-0.2, -0.15) is 4.37 Å². The number of hydrogen-bond donors (Lipinski definition) is 2. The van der Waals surface area contributed by atoms with Crippen LogP contribution in [-0.2, 0) is 4.79 Å². The zero-order chi connectivity index (χ0) is 11.4. The maximum atomic E-state index is 10.6. The second-order valence-electron chi connectivity index (χ2n) is 3.73. The van der Waals surface area contributed by atoms with Gasteiger partial charge in [0.05, 0.1) is 5.92 Å². The van der Waals surface area contributed by atoms with E-state index < -0.39 is 11.9 Å². The Labute approximate surface area is 92.7 Å². The Morgan fingerprint density at radius 2 is 2.20 bits per heavy atom. The Bertz CT molecular complexity index is 338. The lowest BCUT2D eigenvalue weighted by atomic mass is 10.2. The van der Waals surface area contributed by atoms with Crippen LogP contribution in [0.2, 0.25) is 0 Å². The van der Waals surface area contributed by atoms with E-state index in [0.29, 0.717) is 17.6 Å². The number of carboxylic acids is 1. The second kappa shape index (κ2) is 5.06. The highest BCUT2D eigenvalue weighted by Gasteiger charge is 2.12. The quantitative estimate of drug-likeness (QED) is 0.805. The van der Waals surface area contributed by atoms with Crippen LogP contribution in [0.3, 0.4) is 0 Å². The highest BCUT2D eigenvalue weighted by molar-refractivity contribution is 7.09. The first kappa shape index (κ1) is 11.9. The summed E-state index contributed by atoms with van der Waals surface area (Å²) < 4.78 is 4.16.